The molecule has 0 bridgehead atoms. The van der Waals surface area contributed by atoms with E-state index in [4.69, 9.17) is 11.0 Å². The molecule has 18 heavy (non-hydrogen) atoms. The van der Waals surface area contributed by atoms with Crippen LogP contribution in [-0.2, 0) is 0 Å². The summed E-state index contributed by atoms with van der Waals surface area (Å²) in [4.78, 5) is 4.28. The summed E-state index contributed by atoms with van der Waals surface area (Å²) in [5.41, 5.74) is 7.93. The summed E-state index contributed by atoms with van der Waals surface area (Å²) in [5.74, 6) is 0.315. The molecule has 3 N–H and O–H groups in total. The molecule has 1 unspecified atom stereocenters. The van der Waals surface area contributed by atoms with E-state index in [1.54, 1.807) is 35.7 Å². The lowest BCUT2D eigenvalue weighted by atomic mass is 10.1. The molecule has 92 valence electrons. The first-order valence-electron chi connectivity index (χ1n) is 5.63. The highest BCUT2D eigenvalue weighted by atomic mass is 32.1. The Labute approximate surface area is 110 Å². The lowest BCUT2D eigenvalue weighted by molar-refractivity contribution is 0.795. The standard InChI is InChI=1S/C13H14N4S/c1-9(13-16-4-5-18-13)8-17-12-6-10(7-14)2-3-11(12)15/h2-6,9,17H,8,15H2,1H3. The molecule has 0 saturated heterocycles. The van der Waals surface area contributed by atoms with Gasteiger partial charge in [-0.1, -0.05) is 6.92 Å². The van der Waals surface area contributed by atoms with Gasteiger partial charge in [-0.15, -0.1) is 11.3 Å². The number of nitrogen functional groups attached to an aromatic ring is 1. The van der Waals surface area contributed by atoms with Crippen molar-refractivity contribution >= 4 is 22.7 Å². The summed E-state index contributed by atoms with van der Waals surface area (Å²) >= 11 is 1.64. The van der Waals surface area contributed by atoms with Gasteiger partial charge in [0, 0.05) is 24.0 Å². The van der Waals surface area contributed by atoms with E-state index in [0.29, 0.717) is 17.2 Å². The number of nitrogens with two attached hydrogens (primary N) is 1. The molecule has 0 fully saturated rings. The number of anilines is 2. The number of hydrogen-bond acceptors (Lipinski definition) is 5. The highest BCUT2D eigenvalue weighted by Crippen LogP contribution is 2.22. The van der Waals surface area contributed by atoms with Crippen LogP contribution in [0.15, 0.2) is 29.8 Å². The molecule has 0 radical (unpaired) electrons. The van der Waals surface area contributed by atoms with Gasteiger partial charge in [0.15, 0.2) is 0 Å². The minimum atomic E-state index is 0.315. The largest absolute Gasteiger partial charge is 0.397 e. The molecule has 1 atom stereocenters. The molecule has 0 aliphatic carbocycles. The number of benzene rings is 1. The Morgan fingerprint density at radius 3 is 3.06 bits per heavy atom. The first-order valence-corrected chi connectivity index (χ1v) is 6.51. The number of hydrogen-bond donors (Lipinski definition) is 2. The van der Waals surface area contributed by atoms with E-state index in [0.717, 1.165) is 17.2 Å². The van der Waals surface area contributed by atoms with E-state index in [2.05, 4.69) is 23.3 Å². The van der Waals surface area contributed by atoms with Gasteiger partial charge in [0.2, 0.25) is 0 Å². The van der Waals surface area contributed by atoms with Gasteiger partial charge in [0.25, 0.3) is 0 Å². The fourth-order valence-corrected chi connectivity index (χ4v) is 2.31. The number of nitrogens with zero attached hydrogens (tertiary/aromatic N) is 2. The highest BCUT2D eigenvalue weighted by Gasteiger charge is 2.09. The molecule has 0 aliphatic rings. The molecule has 0 amide bonds. The quantitative estimate of drug-likeness (QED) is 0.827. The average Bonchev–Trinajstić information content (AvgIpc) is 2.91. The number of nitrogens with one attached hydrogen (secondary N) is 1. The molecule has 1 aromatic heterocycles. The Kier molecular flexibility index (Phi) is 3.80. The smallest absolute Gasteiger partial charge is 0.0992 e. The normalized spacial score (nSPS) is 11.8. The van der Waals surface area contributed by atoms with Crippen molar-refractivity contribution in [2.45, 2.75) is 12.8 Å². The lowest BCUT2D eigenvalue weighted by Gasteiger charge is -2.13. The Morgan fingerprint density at radius 2 is 2.39 bits per heavy atom. The molecular weight excluding hydrogens is 244 g/mol. The van der Waals surface area contributed by atoms with Crippen LogP contribution in [0.25, 0.3) is 0 Å². The fourth-order valence-electron chi connectivity index (χ4n) is 1.61. The van der Waals surface area contributed by atoms with Crippen LogP contribution in [0, 0.1) is 11.3 Å². The van der Waals surface area contributed by atoms with Crippen molar-refractivity contribution in [2.24, 2.45) is 0 Å². The van der Waals surface area contributed by atoms with Crippen molar-refractivity contribution in [2.75, 3.05) is 17.6 Å². The van der Waals surface area contributed by atoms with Gasteiger partial charge in [0.05, 0.1) is 28.0 Å². The monoisotopic (exact) mass is 258 g/mol. The zero-order chi connectivity index (χ0) is 13.0. The molecule has 2 rings (SSSR count). The first kappa shape index (κ1) is 12.4. The van der Waals surface area contributed by atoms with Crippen LogP contribution in [-0.4, -0.2) is 11.5 Å². The zero-order valence-corrected chi connectivity index (χ0v) is 10.9. The number of thiazole rings is 1. The van der Waals surface area contributed by atoms with Gasteiger partial charge in [-0.05, 0) is 18.2 Å². The summed E-state index contributed by atoms with van der Waals surface area (Å²) in [5, 5.41) is 15.2. The van der Waals surface area contributed by atoms with Crippen molar-refractivity contribution in [3.05, 3.63) is 40.3 Å². The van der Waals surface area contributed by atoms with E-state index in [-0.39, 0.29) is 0 Å². The lowest BCUT2D eigenvalue weighted by Crippen LogP contribution is -2.11. The van der Waals surface area contributed by atoms with E-state index >= 15 is 0 Å². The van der Waals surface area contributed by atoms with Gasteiger partial charge >= 0.3 is 0 Å². The second-order valence-corrected chi connectivity index (χ2v) is 4.99. The number of nitriles is 1. The summed E-state index contributed by atoms with van der Waals surface area (Å²) in [6.45, 7) is 2.85. The minimum absolute atomic E-state index is 0.315. The second kappa shape index (κ2) is 5.52. The van der Waals surface area contributed by atoms with Crippen LogP contribution in [0.1, 0.15) is 23.4 Å². The van der Waals surface area contributed by atoms with Crippen LogP contribution >= 0.6 is 11.3 Å². The zero-order valence-electron chi connectivity index (χ0n) is 10.1. The maximum atomic E-state index is 8.85. The number of rotatable bonds is 4. The Hall–Kier alpha value is -2.06. The molecular formula is C13H14N4S. The molecule has 0 spiro atoms. The summed E-state index contributed by atoms with van der Waals surface area (Å²) in [6, 6.07) is 7.33. The average molecular weight is 258 g/mol. The molecule has 4 nitrogen and oxygen atoms in total. The molecule has 5 heteroatoms. The van der Waals surface area contributed by atoms with Crippen LogP contribution in [0.5, 0.6) is 0 Å². The van der Waals surface area contributed by atoms with Crippen molar-refractivity contribution in [3.8, 4) is 6.07 Å². The fraction of sp³-hybridized carbons (Fsp3) is 0.231. The third kappa shape index (κ3) is 2.79. The Morgan fingerprint density at radius 1 is 1.56 bits per heavy atom. The van der Waals surface area contributed by atoms with Crippen molar-refractivity contribution in [1.82, 2.24) is 4.98 Å². The molecule has 2 aromatic rings. The predicted molar refractivity (Wildman–Crippen MR) is 74.6 cm³/mol. The third-order valence-corrected chi connectivity index (χ3v) is 3.66. The van der Waals surface area contributed by atoms with Crippen LogP contribution in [0.3, 0.4) is 0 Å². The van der Waals surface area contributed by atoms with E-state index < -0.39 is 0 Å². The topological polar surface area (TPSA) is 74.7 Å². The van der Waals surface area contributed by atoms with Gasteiger partial charge in [0.1, 0.15) is 0 Å². The van der Waals surface area contributed by atoms with Crippen LogP contribution in [0.4, 0.5) is 11.4 Å². The Balaban J connectivity index is 2.04. The number of aromatic nitrogens is 1. The van der Waals surface area contributed by atoms with Gasteiger partial charge < -0.3 is 11.1 Å². The van der Waals surface area contributed by atoms with Crippen molar-refractivity contribution in [3.63, 3.8) is 0 Å². The van der Waals surface area contributed by atoms with Gasteiger partial charge in [-0.2, -0.15) is 5.26 Å². The highest BCUT2D eigenvalue weighted by molar-refractivity contribution is 7.09. The Bertz CT molecular complexity index is 557. The second-order valence-electron chi connectivity index (χ2n) is 4.07. The summed E-state index contributed by atoms with van der Waals surface area (Å²) in [7, 11) is 0. The molecule has 1 aromatic carbocycles. The van der Waals surface area contributed by atoms with Gasteiger partial charge in [-0.3, -0.25) is 0 Å². The SMILES string of the molecule is CC(CNc1cc(C#N)ccc1N)c1nccs1. The molecule has 1 heterocycles. The van der Waals surface area contributed by atoms with E-state index in [9.17, 15) is 0 Å². The summed E-state index contributed by atoms with van der Waals surface area (Å²) in [6.07, 6.45) is 1.81. The first-order chi connectivity index (χ1) is 8.70. The molecule has 0 aliphatic heterocycles. The van der Waals surface area contributed by atoms with Crippen LogP contribution < -0.4 is 11.1 Å². The maximum Gasteiger partial charge on any atom is 0.0992 e. The van der Waals surface area contributed by atoms with Crippen molar-refractivity contribution in [1.29, 1.82) is 5.26 Å². The minimum Gasteiger partial charge on any atom is -0.397 e. The van der Waals surface area contributed by atoms with Gasteiger partial charge in [-0.25, -0.2) is 4.98 Å². The van der Waals surface area contributed by atoms with Crippen LogP contribution in [0.2, 0.25) is 0 Å². The molecule has 0 saturated carbocycles. The third-order valence-electron chi connectivity index (χ3n) is 2.65. The van der Waals surface area contributed by atoms with Crippen molar-refractivity contribution < 1.29 is 0 Å². The summed E-state index contributed by atoms with van der Waals surface area (Å²) < 4.78 is 0. The maximum absolute atomic E-state index is 8.85. The van der Waals surface area contributed by atoms with E-state index in [1.807, 2.05) is 5.38 Å². The predicted octanol–water partition coefficient (Wildman–Crippen LogP) is 2.81. The van der Waals surface area contributed by atoms with E-state index in [1.165, 1.54) is 0 Å².